The van der Waals surface area contributed by atoms with Gasteiger partial charge in [-0.05, 0) is 50.5 Å². The molecule has 1 unspecified atom stereocenters. The molecule has 2 aromatic rings. The first kappa shape index (κ1) is 14.5. The number of hydrogen-bond donors (Lipinski definition) is 3. The molecule has 1 atom stereocenters. The van der Waals surface area contributed by atoms with Gasteiger partial charge in [0.05, 0.1) is 0 Å². The Morgan fingerprint density at radius 3 is 2.90 bits per heavy atom. The van der Waals surface area contributed by atoms with E-state index >= 15 is 0 Å². The van der Waals surface area contributed by atoms with Crippen molar-refractivity contribution in [2.75, 3.05) is 6.61 Å². The Morgan fingerprint density at radius 2 is 2.20 bits per heavy atom. The smallest absolute Gasteiger partial charge is 0.267 e. The number of aryl methyl sites for hydroxylation is 1. The highest BCUT2D eigenvalue weighted by Crippen LogP contribution is 2.21. The first-order chi connectivity index (χ1) is 9.51. The van der Waals surface area contributed by atoms with E-state index in [1.807, 2.05) is 13.8 Å². The van der Waals surface area contributed by atoms with E-state index in [4.69, 9.17) is 5.11 Å². The zero-order valence-electron chi connectivity index (χ0n) is 11.7. The summed E-state index contributed by atoms with van der Waals surface area (Å²) in [7, 11) is 0. The minimum absolute atomic E-state index is 0.0149. The van der Waals surface area contributed by atoms with Crippen molar-refractivity contribution < 1.29 is 14.3 Å². The Bertz CT molecular complexity index is 622. The summed E-state index contributed by atoms with van der Waals surface area (Å²) in [5, 5.41) is 12.5. The normalized spacial score (nSPS) is 12.6. The molecule has 1 aromatic heterocycles. The number of aliphatic hydroxyl groups is 1. The number of nitrogens with one attached hydrogen (secondary N) is 2. The Kier molecular flexibility index (Phi) is 4.39. The minimum atomic E-state index is -0.319. The summed E-state index contributed by atoms with van der Waals surface area (Å²) in [6.45, 7) is 3.82. The van der Waals surface area contributed by atoms with Gasteiger partial charge in [0, 0.05) is 23.6 Å². The van der Waals surface area contributed by atoms with Crippen LogP contribution in [0, 0.1) is 12.7 Å². The van der Waals surface area contributed by atoms with Gasteiger partial charge in [0.15, 0.2) is 0 Å². The van der Waals surface area contributed by atoms with Crippen LogP contribution < -0.4 is 5.32 Å². The predicted molar refractivity (Wildman–Crippen MR) is 76.2 cm³/mol. The van der Waals surface area contributed by atoms with Gasteiger partial charge in [-0.3, -0.25) is 4.79 Å². The molecule has 108 valence electrons. The lowest BCUT2D eigenvalue weighted by molar-refractivity contribution is 0.0932. The molecule has 0 aliphatic rings. The van der Waals surface area contributed by atoms with Crippen LogP contribution in [0.25, 0.3) is 10.9 Å². The third-order valence-corrected chi connectivity index (χ3v) is 3.33. The summed E-state index contributed by atoms with van der Waals surface area (Å²) >= 11 is 0. The molecule has 0 spiro atoms. The zero-order chi connectivity index (χ0) is 14.7. The van der Waals surface area contributed by atoms with Gasteiger partial charge in [-0.25, -0.2) is 4.39 Å². The molecule has 4 nitrogen and oxygen atoms in total. The van der Waals surface area contributed by atoms with E-state index in [1.54, 1.807) is 6.07 Å². The Balaban J connectivity index is 2.16. The standard InChI is InChI=1S/C15H19FN2O2/c1-9-6-11(16)7-13-12(9)8-14(18-13)15(20)17-10(2)4-3-5-19/h6-8,10,18-19H,3-5H2,1-2H3,(H,17,20). The van der Waals surface area contributed by atoms with Crippen molar-refractivity contribution in [2.45, 2.75) is 32.7 Å². The lowest BCUT2D eigenvalue weighted by Gasteiger charge is -2.12. The number of amides is 1. The van der Waals surface area contributed by atoms with E-state index in [0.29, 0.717) is 17.6 Å². The Morgan fingerprint density at radius 1 is 1.45 bits per heavy atom. The molecule has 1 amide bonds. The third-order valence-electron chi connectivity index (χ3n) is 3.33. The van der Waals surface area contributed by atoms with E-state index in [1.165, 1.54) is 12.1 Å². The van der Waals surface area contributed by atoms with Crippen LogP contribution in [0.1, 0.15) is 35.8 Å². The molecule has 1 heterocycles. The highest BCUT2D eigenvalue weighted by Gasteiger charge is 2.13. The summed E-state index contributed by atoms with van der Waals surface area (Å²) in [6, 6.07) is 4.55. The zero-order valence-corrected chi connectivity index (χ0v) is 11.7. The summed E-state index contributed by atoms with van der Waals surface area (Å²) in [5.74, 6) is -0.536. The number of halogens is 1. The number of H-pyrrole nitrogens is 1. The molecular weight excluding hydrogens is 259 g/mol. The second-order valence-electron chi connectivity index (χ2n) is 5.11. The molecule has 0 saturated carbocycles. The maximum absolute atomic E-state index is 13.3. The number of hydrogen-bond acceptors (Lipinski definition) is 2. The lowest BCUT2D eigenvalue weighted by atomic mass is 10.1. The Labute approximate surface area is 117 Å². The molecule has 0 bridgehead atoms. The molecule has 5 heteroatoms. The summed E-state index contributed by atoms with van der Waals surface area (Å²) < 4.78 is 13.3. The van der Waals surface area contributed by atoms with Gasteiger partial charge >= 0.3 is 0 Å². The topological polar surface area (TPSA) is 65.1 Å². The molecule has 0 aliphatic heterocycles. The fourth-order valence-corrected chi connectivity index (χ4v) is 2.27. The Hall–Kier alpha value is -1.88. The number of benzene rings is 1. The van der Waals surface area contributed by atoms with Crippen molar-refractivity contribution in [3.8, 4) is 0 Å². The van der Waals surface area contributed by atoms with Crippen molar-refractivity contribution in [3.05, 3.63) is 35.3 Å². The molecule has 0 fully saturated rings. The maximum atomic E-state index is 13.3. The van der Waals surface area contributed by atoms with E-state index in [2.05, 4.69) is 10.3 Å². The number of fused-ring (bicyclic) bond motifs is 1. The number of aliphatic hydroxyl groups excluding tert-OH is 1. The predicted octanol–water partition coefficient (Wildman–Crippen LogP) is 2.51. The van der Waals surface area contributed by atoms with Crippen LogP contribution >= 0.6 is 0 Å². The van der Waals surface area contributed by atoms with Crippen LogP contribution in [0.2, 0.25) is 0 Å². The minimum Gasteiger partial charge on any atom is -0.396 e. The molecule has 2 rings (SSSR count). The summed E-state index contributed by atoms with van der Waals surface area (Å²) in [4.78, 5) is 15.0. The lowest BCUT2D eigenvalue weighted by Crippen LogP contribution is -2.32. The van der Waals surface area contributed by atoms with Crippen molar-refractivity contribution in [3.63, 3.8) is 0 Å². The van der Waals surface area contributed by atoms with Gasteiger partial charge < -0.3 is 15.4 Å². The van der Waals surface area contributed by atoms with Gasteiger partial charge in [-0.15, -0.1) is 0 Å². The van der Waals surface area contributed by atoms with Crippen LogP contribution in [-0.4, -0.2) is 28.6 Å². The van der Waals surface area contributed by atoms with Crippen molar-refractivity contribution in [1.29, 1.82) is 0 Å². The highest BCUT2D eigenvalue weighted by atomic mass is 19.1. The van der Waals surface area contributed by atoms with Gasteiger partial charge in [-0.2, -0.15) is 0 Å². The third kappa shape index (κ3) is 3.17. The first-order valence-electron chi connectivity index (χ1n) is 6.72. The van der Waals surface area contributed by atoms with Gasteiger partial charge in [0.2, 0.25) is 0 Å². The van der Waals surface area contributed by atoms with Gasteiger partial charge in [0.25, 0.3) is 5.91 Å². The van der Waals surface area contributed by atoms with Crippen molar-refractivity contribution in [2.24, 2.45) is 0 Å². The van der Waals surface area contributed by atoms with Gasteiger partial charge in [-0.1, -0.05) is 0 Å². The molecule has 0 aliphatic carbocycles. The number of carbonyl (C=O) groups excluding carboxylic acids is 1. The largest absolute Gasteiger partial charge is 0.396 e. The fourth-order valence-electron chi connectivity index (χ4n) is 2.27. The monoisotopic (exact) mass is 278 g/mol. The second kappa shape index (κ2) is 6.05. The van der Waals surface area contributed by atoms with E-state index in [0.717, 1.165) is 17.4 Å². The number of aromatic nitrogens is 1. The molecule has 3 N–H and O–H groups in total. The average molecular weight is 278 g/mol. The average Bonchev–Trinajstić information content (AvgIpc) is 2.80. The quantitative estimate of drug-likeness (QED) is 0.786. The number of aromatic amines is 1. The maximum Gasteiger partial charge on any atom is 0.267 e. The van der Waals surface area contributed by atoms with Crippen LogP contribution in [-0.2, 0) is 0 Å². The van der Waals surface area contributed by atoms with Crippen LogP contribution in [0.3, 0.4) is 0 Å². The van der Waals surface area contributed by atoms with E-state index < -0.39 is 0 Å². The van der Waals surface area contributed by atoms with E-state index in [-0.39, 0.29) is 24.4 Å². The fraction of sp³-hybridized carbons (Fsp3) is 0.400. The van der Waals surface area contributed by atoms with Crippen LogP contribution in [0.15, 0.2) is 18.2 Å². The van der Waals surface area contributed by atoms with Gasteiger partial charge in [0.1, 0.15) is 11.5 Å². The highest BCUT2D eigenvalue weighted by molar-refractivity contribution is 5.98. The molecule has 0 radical (unpaired) electrons. The number of rotatable bonds is 5. The molecule has 20 heavy (non-hydrogen) atoms. The van der Waals surface area contributed by atoms with Crippen molar-refractivity contribution in [1.82, 2.24) is 10.3 Å². The molecule has 1 aromatic carbocycles. The summed E-state index contributed by atoms with van der Waals surface area (Å²) in [6.07, 6.45) is 1.37. The number of carbonyl (C=O) groups is 1. The second-order valence-corrected chi connectivity index (χ2v) is 5.11. The SMILES string of the molecule is Cc1cc(F)cc2[nH]c(C(=O)NC(C)CCCO)cc12. The van der Waals surface area contributed by atoms with E-state index in [9.17, 15) is 9.18 Å². The summed E-state index contributed by atoms with van der Waals surface area (Å²) in [5.41, 5.74) is 1.84. The van der Waals surface area contributed by atoms with Crippen molar-refractivity contribution >= 4 is 16.8 Å². The first-order valence-corrected chi connectivity index (χ1v) is 6.72. The molecule has 0 saturated heterocycles. The van der Waals surface area contributed by atoms with Crippen LogP contribution in [0.4, 0.5) is 4.39 Å². The molecular formula is C15H19FN2O2. The van der Waals surface area contributed by atoms with Crippen LogP contribution in [0.5, 0.6) is 0 Å².